The normalized spacial score (nSPS) is 12.2. The summed E-state index contributed by atoms with van der Waals surface area (Å²) in [6.07, 6.45) is -4.07. The number of hydrogen-bond donors (Lipinski definition) is 0. The van der Waals surface area contributed by atoms with Gasteiger partial charge in [0, 0.05) is 5.56 Å². The van der Waals surface area contributed by atoms with Crippen LogP contribution >= 0.6 is 11.6 Å². The number of para-hydroxylation sites is 1. The Balaban J connectivity index is 1.74. The first-order valence-corrected chi connectivity index (χ1v) is 12.7. The van der Waals surface area contributed by atoms with Gasteiger partial charge in [0.15, 0.2) is 9.84 Å². The molecule has 4 aromatic rings. The third kappa shape index (κ3) is 5.26. The number of halogens is 4. The lowest BCUT2D eigenvalue weighted by atomic mass is 10.1. The summed E-state index contributed by atoms with van der Waals surface area (Å²) in [6, 6.07) is 14.6. The number of ether oxygens (including phenoxy) is 1. The second kappa shape index (κ2) is 9.47. The van der Waals surface area contributed by atoms with Crippen LogP contribution in [-0.2, 0) is 16.0 Å². The van der Waals surface area contributed by atoms with Crippen molar-refractivity contribution in [1.29, 1.82) is 0 Å². The molecule has 0 saturated carbocycles. The average molecular weight is 521 g/mol. The van der Waals surface area contributed by atoms with Crippen molar-refractivity contribution in [2.45, 2.75) is 31.3 Å². The highest BCUT2D eigenvalue weighted by Gasteiger charge is 2.33. The first-order chi connectivity index (χ1) is 16.5. The zero-order valence-corrected chi connectivity index (χ0v) is 20.3. The maximum atomic E-state index is 13.4. The van der Waals surface area contributed by atoms with E-state index in [0.29, 0.717) is 34.2 Å². The quantitative estimate of drug-likeness (QED) is 0.268. The van der Waals surface area contributed by atoms with Crippen LogP contribution in [0.2, 0.25) is 5.02 Å². The molecular weight excluding hydrogens is 501 g/mol. The number of sulfone groups is 1. The SMILES string of the molecule is CCCS(=O)(=O)c1cccc(Oc2ccc(Cl)c(-c3nc4cccc(C(F)(F)F)c4nc3C)c2)c1. The molecule has 0 bridgehead atoms. The Bertz CT molecular complexity index is 1520. The van der Waals surface area contributed by atoms with Crippen molar-refractivity contribution in [1.82, 2.24) is 9.97 Å². The third-order valence-electron chi connectivity index (χ3n) is 5.24. The Morgan fingerprint density at radius 1 is 0.971 bits per heavy atom. The molecule has 0 aliphatic rings. The van der Waals surface area contributed by atoms with E-state index in [1.165, 1.54) is 24.3 Å². The molecule has 0 unspecified atom stereocenters. The second-order valence-electron chi connectivity index (χ2n) is 7.87. The zero-order valence-electron chi connectivity index (χ0n) is 18.7. The molecule has 10 heteroatoms. The number of nitrogens with zero attached hydrogens (tertiary/aromatic N) is 2. The number of rotatable bonds is 6. The fraction of sp³-hybridized carbons (Fsp3) is 0.200. The lowest BCUT2D eigenvalue weighted by molar-refractivity contribution is -0.136. The maximum absolute atomic E-state index is 13.4. The van der Waals surface area contributed by atoms with E-state index >= 15 is 0 Å². The van der Waals surface area contributed by atoms with Crippen LogP contribution in [0.25, 0.3) is 22.3 Å². The van der Waals surface area contributed by atoms with E-state index in [4.69, 9.17) is 16.3 Å². The fourth-order valence-corrected chi connectivity index (χ4v) is 5.21. The average Bonchev–Trinajstić information content (AvgIpc) is 2.79. The van der Waals surface area contributed by atoms with Gasteiger partial charge in [0.25, 0.3) is 0 Å². The van der Waals surface area contributed by atoms with Crippen molar-refractivity contribution in [2.24, 2.45) is 0 Å². The molecule has 0 N–H and O–H groups in total. The minimum atomic E-state index is -4.56. The van der Waals surface area contributed by atoms with E-state index < -0.39 is 21.6 Å². The molecule has 0 aliphatic heterocycles. The van der Waals surface area contributed by atoms with Crippen LogP contribution in [0.15, 0.2) is 65.6 Å². The standard InChI is InChI=1S/C25H20ClF3N2O3S/c1-3-12-35(32,33)18-7-4-6-16(13-18)34-17-10-11-21(26)19(14-17)23-15(2)30-24-20(25(27,28)29)8-5-9-22(24)31-23/h4-11,13-14H,3,12H2,1-2H3. The van der Waals surface area contributed by atoms with Gasteiger partial charge in [0.05, 0.1) is 38.1 Å². The highest BCUT2D eigenvalue weighted by Crippen LogP contribution is 2.37. The number of alkyl halides is 3. The molecule has 0 spiro atoms. The van der Waals surface area contributed by atoms with Gasteiger partial charge >= 0.3 is 6.18 Å². The van der Waals surface area contributed by atoms with Gasteiger partial charge in [0.1, 0.15) is 17.0 Å². The summed E-state index contributed by atoms with van der Waals surface area (Å²) in [4.78, 5) is 8.75. The molecule has 5 nitrogen and oxygen atoms in total. The molecule has 1 heterocycles. The predicted molar refractivity (Wildman–Crippen MR) is 129 cm³/mol. The fourth-order valence-electron chi connectivity index (χ4n) is 3.65. The summed E-state index contributed by atoms with van der Waals surface area (Å²) >= 11 is 6.40. The van der Waals surface area contributed by atoms with Gasteiger partial charge in [-0.2, -0.15) is 13.2 Å². The van der Waals surface area contributed by atoms with Crippen LogP contribution in [0.4, 0.5) is 13.2 Å². The zero-order chi connectivity index (χ0) is 25.4. The molecule has 0 amide bonds. The van der Waals surface area contributed by atoms with Crippen molar-refractivity contribution >= 4 is 32.5 Å². The minimum Gasteiger partial charge on any atom is -0.457 e. The Morgan fingerprint density at radius 2 is 1.69 bits per heavy atom. The van der Waals surface area contributed by atoms with Crippen molar-refractivity contribution in [3.8, 4) is 22.8 Å². The molecule has 1 aromatic heterocycles. The van der Waals surface area contributed by atoms with E-state index in [9.17, 15) is 21.6 Å². The third-order valence-corrected chi connectivity index (χ3v) is 7.49. The van der Waals surface area contributed by atoms with E-state index in [1.807, 2.05) is 0 Å². The summed E-state index contributed by atoms with van der Waals surface area (Å²) in [6.45, 7) is 3.34. The number of aromatic nitrogens is 2. The topological polar surface area (TPSA) is 69.2 Å². The van der Waals surface area contributed by atoms with Gasteiger partial charge in [-0.05, 0) is 61.9 Å². The molecule has 0 radical (unpaired) electrons. The Labute approximate surface area is 205 Å². The van der Waals surface area contributed by atoms with Crippen LogP contribution in [0.1, 0.15) is 24.6 Å². The van der Waals surface area contributed by atoms with Gasteiger partial charge < -0.3 is 4.74 Å². The van der Waals surface area contributed by atoms with Crippen LogP contribution in [-0.4, -0.2) is 24.1 Å². The molecular formula is C25H20ClF3N2O3S. The van der Waals surface area contributed by atoms with Crippen molar-refractivity contribution < 1.29 is 26.3 Å². The van der Waals surface area contributed by atoms with Crippen LogP contribution in [0.3, 0.4) is 0 Å². The molecule has 0 saturated heterocycles. The van der Waals surface area contributed by atoms with Gasteiger partial charge in [-0.3, -0.25) is 0 Å². The van der Waals surface area contributed by atoms with Crippen LogP contribution in [0, 0.1) is 6.92 Å². The summed E-state index contributed by atoms with van der Waals surface area (Å²) in [7, 11) is -3.42. The maximum Gasteiger partial charge on any atom is 0.418 e. The Morgan fingerprint density at radius 3 is 2.40 bits per heavy atom. The molecule has 4 rings (SSSR count). The summed E-state index contributed by atoms with van der Waals surface area (Å²) in [5.41, 5.74) is -0.0274. The first kappa shape index (κ1) is 24.9. The molecule has 182 valence electrons. The van der Waals surface area contributed by atoms with E-state index in [1.54, 1.807) is 44.2 Å². The van der Waals surface area contributed by atoms with Crippen molar-refractivity contribution in [2.75, 3.05) is 5.75 Å². The molecule has 0 aliphatic carbocycles. The van der Waals surface area contributed by atoms with Gasteiger partial charge in [-0.15, -0.1) is 0 Å². The highest BCUT2D eigenvalue weighted by atomic mass is 35.5. The number of fused-ring (bicyclic) bond motifs is 1. The second-order valence-corrected chi connectivity index (χ2v) is 10.4. The number of benzene rings is 3. The Hall–Kier alpha value is -3.17. The van der Waals surface area contributed by atoms with Crippen molar-refractivity contribution in [3.63, 3.8) is 0 Å². The van der Waals surface area contributed by atoms with Crippen LogP contribution in [0.5, 0.6) is 11.5 Å². The number of hydrogen-bond acceptors (Lipinski definition) is 5. The van der Waals surface area contributed by atoms with E-state index in [2.05, 4.69) is 9.97 Å². The molecule has 35 heavy (non-hydrogen) atoms. The van der Waals surface area contributed by atoms with Gasteiger partial charge in [-0.25, -0.2) is 18.4 Å². The smallest absolute Gasteiger partial charge is 0.418 e. The largest absolute Gasteiger partial charge is 0.457 e. The van der Waals surface area contributed by atoms with Gasteiger partial charge in [0.2, 0.25) is 0 Å². The van der Waals surface area contributed by atoms with Crippen LogP contribution < -0.4 is 4.74 Å². The van der Waals surface area contributed by atoms with Crippen molar-refractivity contribution in [3.05, 3.63) is 76.9 Å². The van der Waals surface area contributed by atoms with E-state index in [0.717, 1.165) is 6.07 Å². The highest BCUT2D eigenvalue weighted by molar-refractivity contribution is 7.91. The van der Waals surface area contributed by atoms with Gasteiger partial charge in [-0.1, -0.05) is 30.7 Å². The molecule has 0 atom stereocenters. The predicted octanol–water partition coefficient (Wildman–Crippen LogP) is 7.25. The minimum absolute atomic E-state index is 0.0253. The van der Waals surface area contributed by atoms with E-state index in [-0.39, 0.29) is 27.4 Å². The lowest BCUT2D eigenvalue weighted by Crippen LogP contribution is -2.08. The monoisotopic (exact) mass is 520 g/mol. The summed E-state index contributed by atoms with van der Waals surface area (Å²) in [5.74, 6) is 0.684. The lowest BCUT2D eigenvalue weighted by Gasteiger charge is -2.14. The number of aryl methyl sites for hydroxylation is 1. The summed E-state index contributed by atoms with van der Waals surface area (Å²) < 4.78 is 70.9. The molecule has 0 fully saturated rings. The molecule has 3 aromatic carbocycles. The first-order valence-electron chi connectivity index (χ1n) is 10.6. The summed E-state index contributed by atoms with van der Waals surface area (Å²) in [5, 5.41) is 0.306. The Kier molecular flexibility index (Phi) is 6.75.